The van der Waals surface area contributed by atoms with E-state index in [4.69, 9.17) is 0 Å². The van der Waals surface area contributed by atoms with E-state index in [0.717, 1.165) is 11.1 Å². The highest BCUT2D eigenvalue weighted by Crippen LogP contribution is 2.26. The predicted octanol–water partition coefficient (Wildman–Crippen LogP) is 2.42. The summed E-state index contributed by atoms with van der Waals surface area (Å²) in [6.07, 6.45) is 0. The topological polar surface area (TPSA) is 107 Å². The number of hydrogen-bond donors (Lipinski definition) is 2. The Morgan fingerprint density at radius 2 is 1.56 bits per heavy atom. The molecule has 0 aliphatic carbocycles. The van der Waals surface area contributed by atoms with Gasteiger partial charge >= 0.3 is 5.69 Å². The maximum Gasteiger partial charge on any atom is 0.345 e. The normalized spacial score (nSPS) is 13.8. The number of rotatable bonds is 3. The number of aromatic hydroxyl groups is 1. The molecule has 0 bridgehead atoms. The van der Waals surface area contributed by atoms with Crippen LogP contribution >= 0.6 is 0 Å². The van der Waals surface area contributed by atoms with Crippen molar-refractivity contribution in [3.05, 3.63) is 70.1 Å². The van der Waals surface area contributed by atoms with Crippen LogP contribution in [0.2, 0.25) is 0 Å². The number of nitrogens with one attached hydrogen (secondary N) is 1. The number of aromatic nitrogens is 2. The van der Waals surface area contributed by atoms with Crippen molar-refractivity contribution in [3.63, 3.8) is 0 Å². The maximum atomic E-state index is 12.8. The highest BCUT2D eigenvalue weighted by molar-refractivity contribution is 5.95. The average molecular weight is 432 g/mol. The van der Waals surface area contributed by atoms with E-state index < -0.39 is 5.69 Å². The summed E-state index contributed by atoms with van der Waals surface area (Å²) in [7, 11) is 0. The Labute approximate surface area is 185 Å². The van der Waals surface area contributed by atoms with Gasteiger partial charge in [0.25, 0.3) is 5.91 Å². The molecule has 1 aliphatic rings. The summed E-state index contributed by atoms with van der Waals surface area (Å²) in [4.78, 5) is 46.7. The van der Waals surface area contributed by atoms with E-state index >= 15 is 0 Å². The van der Waals surface area contributed by atoms with E-state index in [1.54, 1.807) is 65.3 Å². The monoisotopic (exact) mass is 432 g/mol. The molecule has 0 radical (unpaired) electrons. The van der Waals surface area contributed by atoms with Gasteiger partial charge in [-0.2, -0.15) is 4.98 Å². The third-order valence-electron chi connectivity index (χ3n) is 5.69. The second-order valence-corrected chi connectivity index (χ2v) is 7.86. The van der Waals surface area contributed by atoms with Crippen molar-refractivity contribution in [2.24, 2.45) is 0 Å². The van der Waals surface area contributed by atoms with E-state index in [1.807, 2.05) is 0 Å². The first-order valence-corrected chi connectivity index (χ1v) is 10.4. The largest absolute Gasteiger partial charge is 0.508 e. The molecule has 32 heavy (non-hydrogen) atoms. The number of hydrogen-bond acceptors (Lipinski definition) is 5. The van der Waals surface area contributed by atoms with E-state index in [2.05, 4.69) is 9.97 Å². The van der Waals surface area contributed by atoms with E-state index in [1.165, 1.54) is 6.92 Å². The van der Waals surface area contributed by atoms with Gasteiger partial charge in [-0.1, -0.05) is 12.1 Å². The molecular weight excluding hydrogens is 408 g/mol. The number of carbonyl (C=O) groups is 2. The average Bonchev–Trinajstić information content (AvgIpc) is 2.80. The Hall–Kier alpha value is -3.94. The molecule has 8 heteroatoms. The third-order valence-corrected chi connectivity index (χ3v) is 5.69. The molecule has 1 fully saturated rings. The summed E-state index contributed by atoms with van der Waals surface area (Å²) >= 11 is 0. The molecular formula is C24H24N4O4. The van der Waals surface area contributed by atoms with Gasteiger partial charge in [0.1, 0.15) is 5.75 Å². The number of carbonyl (C=O) groups excluding carboxylic acids is 2. The van der Waals surface area contributed by atoms with Crippen LogP contribution < -0.4 is 5.69 Å². The predicted molar refractivity (Wildman–Crippen MR) is 120 cm³/mol. The molecule has 2 heterocycles. The summed E-state index contributed by atoms with van der Waals surface area (Å²) in [6, 6.07) is 13.9. The second-order valence-electron chi connectivity index (χ2n) is 7.86. The summed E-state index contributed by atoms with van der Waals surface area (Å²) < 4.78 is 0. The van der Waals surface area contributed by atoms with Crippen LogP contribution in [0.4, 0.5) is 0 Å². The van der Waals surface area contributed by atoms with Gasteiger partial charge < -0.3 is 19.9 Å². The van der Waals surface area contributed by atoms with Crippen LogP contribution in [0, 0.1) is 6.92 Å². The molecule has 0 spiro atoms. The molecule has 2 amide bonds. The molecule has 2 N–H and O–H groups in total. The van der Waals surface area contributed by atoms with Gasteiger partial charge in [0.2, 0.25) is 5.91 Å². The lowest BCUT2D eigenvalue weighted by Gasteiger charge is -2.34. The molecule has 1 aromatic heterocycles. The van der Waals surface area contributed by atoms with Gasteiger partial charge in [-0.3, -0.25) is 9.59 Å². The zero-order valence-corrected chi connectivity index (χ0v) is 18.0. The molecule has 0 unspecified atom stereocenters. The van der Waals surface area contributed by atoms with Crippen LogP contribution in [-0.4, -0.2) is 62.9 Å². The number of benzene rings is 2. The number of phenolic OH excluding ortho intramolecular Hbond substituents is 1. The highest BCUT2D eigenvalue weighted by atomic mass is 16.3. The highest BCUT2D eigenvalue weighted by Gasteiger charge is 2.23. The van der Waals surface area contributed by atoms with Crippen molar-refractivity contribution >= 4 is 11.8 Å². The molecule has 1 saturated heterocycles. The summed E-state index contributed by atoms with van der Waals surface area (Å²) in [5, 5.41) is 9.74. The third kappa shape index (κ3) is 4.39. The maximum absolute atomic E-state index is 12.8. The van der Waals surface area contributed by atoms with Crippen molar-refractivity contribution in [2.75, 3.05) is 26.2 Å². The minimum absolute atomic E-state index is 0.0228. The fourth-order valence-electron chi connectivity index (χ4n) is 3.78. The van der Waals surface area contributed by atoms with Crippen molar-refractivity contribution in [3.8, 4) is 28.3 Å². The number of piperazine rings is 1. The van der Waals surface area contributed by atoms with Crippen LogP contribution in [0.1, 0.15) is 22.8 Å². The minimum atomic E-state index is -0.480. The fourth-order valence-corrected chi connectivity index (χ4v) is 3.78. The number of aryl methyl sites for hydroxylation is 1. The first-order valence-electron chi connectivity index (χ1n) is 10.4. The van der Waals surface area contributed by atoms with Gasteiger partial charge in [-0.15, -0.1) is 0 Å². The Kier molecular flexibility index (Phi) is 5.77. The van der Waals surface area contributed by atoms with Crippen molar-refractivity contribution < 1.29 is 14.7 Å². The van der Waals surface area contributed by atoms with Crippen LogP contribution in [0.5, 0.6) is 5.75 Å². The number of H-pyrrole nitrogens is 1. The Bertz CT molecular complexity index is 1230. The molecule has 8 nitrogen and oxygen atoms in total. The summed E-state index contributed by atoms with van der Waals surface area (Å²) in [5.41, 5.74) is 3.32. The number of phenols is 1. The van der Waals surface area contributed by atoms with Gasteiger partial charge in [0, 0.05) is 44.2 Å². The van der Waals surface area contributed by atoms with Crippen LogP contribution in [0.25, 0.3) is 22.5 Å². The summed E-state index contributed by atoms with van der Waals surface area (Å²) in [6.45, 7) is 5.41. The Morgan fingerprint density at radius 1 is 0.938 bits per heavy atom. The molecule has 2 aromatic carbocycles. The van der Waals surface area contributed by atoms with E-state index in [-0.39, 0.29) is 17.6 Å². The molecule has 4 rings (SSSR count). The molecule has 1 aliphatic heterocycles. The minimum Gasteiger partial charge on any atom is -0.508 e. The van der Waals surface area contributed by atoms with Gasteiger partial charge in [0.15, 0.2) is 0 Å². The molecule has 0 saturated carbocycles. The number of nitrogens with zero attached hydrogens (tertiary/aromatic N) is 3. The number of aromatic amines is 1. The lowest BCUT2D eigenvalue weighted by molar-refractivity contribution is -0.130. The zero-order chi connectivity index (χ0) is 22.8. The Morgan fingerprint density at radius 3 is 2.19 bits per heavy atom. The standard InChI is InChI=1S/C24H24N4O4/c1-15-13-19(7-8-22(15)30)21-14-20(25-24(32)26-21)17-3-5-18(6-4-17)23(31)28-11-9-27(10-12-28)16(2)29/h3-8,13-14,30H,9-12H2,1-2H3,(H,25,26,32). The van der Waals surface area contributed by atoms with Gasteiger partial charge in [0.05, 0.1) is 11.4 Å². The van der Waals surface area contributed by atoms with Crippen LogP contribution in [-0.2, 0) is 4.79 Å². The lowest BCUT2D eigenvalue weighted by Crippen LogP contribution is -2.50. The first-order chi connectivity index (χ1) is 15.3. The fraction of sp³-hybridized carbons (Fsp3) is 0.250. The molecule has 3 aromatic rings. The quantitative estimate of drug-likeness (QED) is 0.661. The van der Waals surface area contributed by atoms with Crippen molar-refractivity contribution in [2.45, 2.75) is 13.8 Å². The van der Waals surface area contributed by atoms with Crippen LogP contribution in [0.3, 0.4) is 0 Å². The second kappa shape index (κ2) is 8.66. The smallest absolute Gasteiger partial charge is 0.345 e. The van der Waals surface area contributed by atoms with E-state index in [0.29, 0.717) is 48.7 Å². The van der Waals surface area contributed by atoms with Crippen molar-refractivity contribution in [1.82, 2.24) is 19.8 Å². The molecule has 164 valence electrons. The zero-order valence-electron chi connectivity index (χ0n) is 18.0. The first kappa shape index (κ1) is 21.3. The summed E-state index contributed by atoms with van der Waals surface area (Å²) in [5.74, 6) is 0.125. The van der Waals surface area contributed by atoms with Gasteiger partial charge in [-0.05, 0) is 54.4 Å². The SMILES string of the molecule is CC(=O)N1CCN(C(=O)c2ccc(-c3cc(-c4ccc(O)c(C)c4)nc(=O)[nH]3)cc2)CC1. The number of amides is 2. The lowest BCUT2D eigenvalue weighted by atomic mass is 10.0. The Balaban J connectivity index is 1.55. The van der Waals surface area contributed by atoms with Crippen LogP contribution in [0.15, 0.2) is 53.3 Å². The molecule has 0 atom stereocenters. The van der Waals surface area contributed by atoms with Crippen molar-refractivity contribution in [1.29, 1.82) is 0 Å². The van der Waals surface area contributed by atoms with E-state index in [9.17, 15) is 19.5 Å². The van der Waals surface area contributed by atoms with Gasteiger partial charge in [-0.25, -0.2) is 4.79 Å².